The molecule has 0 radical (unpaired) electrons. The zero-order valence-electron chi connectivity index (χ0n) is 14.8. The van der Waals surface area contributed by atoms with Crippen molar-refractivity contribution in [2.45, 2.75) is 6.92 Å². The van der Waals surface area contributed by atoms with Crippen molar-refractivity contribution >= 4 is 23.5 Å². The summed E-state index contributed by atoms with van der Waals surface area (Å²) >= 11 is 0. The van der Waals surface area contributed by atoms with Gasteiger partial charge in [0.25, 0.3) is 5.91 Å². The third-order valence-electron chi connectivity index (χ3n) is 3.47. The van der Waals surface area contributed by atoms with Crippen LogP contribution in [0.2, 0.25) is 0 Å². The number of anilines is 1. The maximum atomic E-state index is 12.8. The predicted octanol–water partition coefficient (Wildman–Crippen LogP) is 2.48. The molecule has 0 aromatic heterocycles. The first-order chi connectivity index (χ1) is 12.9. The Morgan fingerprint density at radius 3 is 2.41 bits per heavy atom. The molecule has 1 amide bonds. The average molecular weight is 375 g/mol. The Balaban J connectivity index is 1.82. The number of hydrogen-bond acceptors (Lipinski definition) is 6. The summed E-state index contributed by atoms with van der Waals surface area (Å²) in [6, 6.07) is 9.82. The van der Waals surface area contributed by atoms with Gasteiger partial charge in [0.1, 0.15) is 11.6 Å². The minimum absolute atomic E-state index is 0.281. The molecule has 1 N–H and O–H groups in total. The quantitative estimate of drug-likeness (QED) is 0.748. The fourth-order valence-electron chi connectivity index (χ4n) is 2.05. The van der Waals surface area contributed by atoms with Crippen molar-refractivity contribution in [3.8, 4) is 5.75 Å². The van der Waals surface area contributed by atoms with Crippen LogP contribution in [0.15, 0.2) is 42.5 Å². The maximum Gasteiger partial charge on any atom is 0.344 e. The van der Waals surface area contributed by atoms with Crippen LogP contribution in [0.3, 0.4) is 0 Å². The molecule has 0 saturated heterocycles. The molecule has 8 heteroatoms. The number of benzene rings is 2. The number of amides is 1. The lowest BCUT2D eigenvalue weighted by Gasteiger charge is -2.11. The van der Waals surface area contributed by atoms with E-state index in [4.69, 9.17) is 9.47 Å². The van der Waals surface area contributed by atoms with E-state index >= 15 is 0 Å². The highest BCUT2D eigenvalue weighted by atomic mass is 19.1. The Labute approximate surface area is 155 Å². The van der Waals surface area contributed by atoms with E-state index < -0.39 is 36.9 Å². The molecule has 2 aromatic rings. The number of ether oxygens (including phenoxy) is 3. The zero-order chi connectivity index (χ0) is 19.8. The maximum absolute atomic E-state index is 12.8. The average Bonchev–Trinajstić information content (AvgIpc) is 2.67. The first-order valence-electron chi connectivity index (χ1n) is 7.92. The highest BCUT2D eigenvalue weighted by Gasteiger charge is 2.12. The molecular weight excluding hydrogens is 357 g/mol. The van der Waals surface area contributed by atoms with Crippen molar-refractivity contribution < 1.29 is 33.0 Å². The van der Waals surface area contributed by atoms with E-state index in [-0.39, 0.29) is 5.56 Å². The molecule has 0 fully saturated rings. The summed E-state index contributed by atoms with van der Waals surface area (Å²) in [4.78, 5) is 35.1. The Morgan fingerprint density at radius 2 is 1.74 bits per heavy atom. The van der Waals surface area contributed by atoms with Gasteiger partial charge in [0.2, 0.25) is 0 Å². The van der Waals surface area contributed by atoms with Crippen LogP contribution < -0.4 is 10.1 Å². The molecule has 0 saturated carbocycles. The topological polar surface area (TPSA) is 90.9 Å². The number of nitrogens with one attached hydrogen (secondary N) is 1. The van der Waals surface area contributed by atoms with Gasteiger partial charge in [-0.1, -0.05) is 6.07 Å². The van der Waals surface area contributed by atoms with E-state index in [1.54, 1.807) is 19.1 Å². The number of carbonyl (C=O) groups excluding carboxylic acids is 3. The lowest BCUT2D eigenvalue weighted by molar-refractivity contribution is -0.149. The number of hydrogen-bond donors (Lipinski definition) is 1. The van der Waals surface area contributed by atoms with Crippen LogP contribution >= 0.6 is 0 Å². The zero-order valence-corrected chi connectivity index (χ0v) is 14.8. The molecule has 7 nitrogen and oxygen atoms in total. The monoisotopic (exact) mass is 375 g/mol. The minimum Gasteiger partial charge on any atom is -0.482 e. The number of methoxy groups -OCH3 is 1. The summed E-state index contributed by atoms with van der Waals surface area (Å²) in [5, 5.41) is 2.56. The van der Waals surface area contributed by atoms with Gasteiger partial charge in [-0.25, -0.2) is 14.0 Å². The van der Waals surface area contributed by atoms with Crippen LogP contribution in [0.1, 0.15) is 15.9 Å². The number of esters is 2. The van der Waals surface area contributed by atoms with E-state index in [2.05, 4.69) is 10.1 Å². The van der Waals surface area contributed by atoms with Crippen LogP contribution in [0, 0.1) is 12.7 Å². The predicted molar refractivity (Wildman–Crippen MR) is 94.0 cm³/mol. The normalized spacial score (nSPS) is 10.0. The molecule has 2 rings (SSSR count). The van der Waals surface area contributed by atoms with Gasteiger partial charge in [0, 0.05) is 5.69 Å². The third kappa shape index (κ3) is 6.10. The highest BCUT2D eigenvalue weighted by molar-refractivity contribution is 5.96. The summed E-state index contributed by atoms with van der Waals surface area (Å²) in [5.74, 6) is -1.99. The summed E-state index contributed by atoms with van der Waals surface area (Å²) < 4.78 is 27.3. The van der Waals surface area contributed by atoms with Crippen molar-refractivity contribution in [2.24, 2.45) is 0 Å². The minimum atomic E-state index is -0.755. The van der Waals surface area contributed by atoms with Gasteiger partial charge in [0.15, 0.2) is 13.2 Å². The standard InChI is InChI=1S/C19H18FNO6/c1-12-3-4-13(19(24)25-2)9-16(12)21-17(22)10-27-18(23)11-26-15-7-5-14(20)6-8-15/h3-9H,10-11H2,1-2H3,(H,21,22). The lowest BCUT2D eigenvalue weighted by Crippen LogP contribution is -2.24. The molecular formula is C19H18FNO6. The molecule has 0 aliphatic heterocycles. The van der Waals surface area contributed by atoms with Gasteiger partial charge in [-0.2, -0.15) is 0 Å². The Kier molecular flexibility index (Phi) is 6.87. The summed E-state index contributed by atoms with van der Waals surface area (Å²) in [5.41, 5.74) is 1.41. The second-order valence-corrected chi connectivity index (χ2v) is 5.47. The van der Waals surface area contributed by atoms with Crippen LogP contribution in [-0.4, -0.2) is 38.2 Å². The van der Waals surface area contributed by atoms with Crippen LogP contribution in [0.5, 0.6) is 5.75 Å². The van der Waals surface area contributed by atoms with E-state index in [0.717, 1.165) is 5.56 Å². The molecule has 0 heterocycles. The number of halogens is 1. The van der Waals surface area contributed by atoms with Crippen molar-refractivity contribution in [1.29, 1.82) is 0 Å². The molecule has 27 heavy (non-hydrogen) atoms. The molecule has 0 aliphatic rings. The van der Waals surface area contributed by atoms with Gasteiger partial charge < -0.3 is 19.5 Å². The Morgan fingerprint density at radius 1 is 1.04 bits per heavy atom. The molecule has 0 spiro atoms. The van der Waals surface area contributed by atoms with Crippen molar-refractivity contribution in [3.63, 3.8) is 0 Å². The Hall–Kier alpha value is -3.42. The molecule has 0 unspecified atom stereocenters. The third-order valence-corrected chi connectivity index (χ3v) is 3.47. The molecule has 0 aliphatic carbocycles. The smallest absolute Gasteiger partial charge is 0.344 e. The fourth-order valence-corrected chi connectivity index (χ4v) is 2.05. The highest BCUT2D eigenvalue weighted by Crippen LogP contribution is 2.17. The first-order valence-corrected chi connectivity index (χ1v) is 7.92. The molecule has 0 bridgehead atoms. The van der Waals surface area contributed by atoms with Crippen molar-refractivity contribution in [3.05, 3.63) is 59.4 Å². The Bertz CT molecular complexity index is 835. The molecule has 0 atom stereocenters. The fraction of sp³-hybridized carbons (Fsp3) is 0.211. The van der Waals surface area contributed by atoms with Gasteiger partial charge in [-0.3, -0.25) is 4.79 Å². The first kappa shape index (κ1) is 19.9. The van der Waals surface area contributed by atoms with Crippen molar-refractivity contribution in [2.75, 3.05) is 25.6 Å². The van der Waals surface area contributed by atoms with E-state index in [9.17, 15) is 18.8 Å². The van der Waals surface area contributed by atoms with Gasteiger partial charge >= 0.3 is 11.9 Å². The number of rotatable bonds is 7. The second-order valence-electron chi connectivity index (χ2n) is 5.47. The summed E-state index contributed by atoms with van der Waals surface area (Å²) in [7, 11) is 1.26. The van der Waals surface area contributed by atoms with Crippen LogP contribution in [-0.2, 0) is 19.1 Å². The molecule has 2 aromatic carbocycles. The second kappa shape index (κ2) is 9.33. The van der Waals surface area contributed by atoms with Gasteiger partial charge in [-0.05, 0) is 48.9 Å². The van der Waals surface area contributed by atoms with Crippen LogP contribution in [0.25, 0.3) is 0 Å². The van der Waals surface area contributed by atoms with E-state index in [1.807, 2.05) is 0 Å². The summed E-state index contributed by atoms with van der Waals surface area (Å²) in [6.07, 6.45) is 0. The summed E-state index contributed by atoms with van der Waals surface area (Å²) in [6.45, 7) is 0.808. The van der Waals surface area contributed by atoms with Crippen molar-refractivity contribution in [1.82, 2.24) is 0 Å². The lowest BCUT2D eigenvalue weighted by atomic mass is 10.1. The van der Waals surface area contributed by atoms with Gasteiger partial charge in [0.05, 0.1) is 12.7 Å². The number of aryl methyl sites for hydroxylation is 1. The molecule has 142 valence electrons. The largest absolute Gasteiger partial charge is 0.482 e. The number of carbonyl (C=O) groups is 3. The van der Waals surface area contributed by atoms with Crippen LogP contribution in [0.4, 0.5) is 10.1 Å². The SMILES string of the molecule is COC(=O)c1ccc(C)c(NC(=O)COC(=O)COc2ccc(F)cc2)c1. The van der Waals surface area contributed by atoms with E-state index in [1.165, 1.54) is 37.4 Å². The van der Waals surface area contributed by atoms with E-state index in [0.29, 0.717) is 11.4 Å². The van der Waals surface area contributed by atoms with Gasteiger partial charge in [-0.15, -0.1) is 0 Å².